The monoisotopic (exact) mass is 261 g/mol. The van der Waals surface area contributed by atoms with E-state index in [9.17, 15) is 4.79 Å². The van der Waals surface area contributed by atoms with Crippen LogP contribution in [0.25, 0.3) is 0 Å². The summed E-state index contributed by atoms with van der Waals surface area (Å²) in [6, 6.07) is 3.70. The number of pyridine rings is 1. The van der Waals surface area contributed by atoms with E-state index in [0.29, 0.717) is 11.8 Å². The molecule has 4 nitrogen and oxygen atoms in total. The first kappa shape index (κ1) is 13.8. The fourth-order valence-electron chi connectivity index (χ4n) is 2.93. The summed E-state index contributed by atoms with van der Waals surface area (Å²) in [6.45, 7) is 8.07. The highest BCUT2D eigenvalue weighted by atomic mass is 16.2. The quantitative estimate of drug-likeness (QED) is 0.890. The lowest BCUT2D eigenvalue weighted by molar-refractivity contribution is 0.0623. The van der Waals surface area contributed by atoms with Crippen molar-refractivity contribution in [3.05, 3.63) is 23.4 Å². The van der Waals surface area contributed by atoms with Crippen molar-refractivity contribution in [3.8, 4) is 0 Å². The van der Waals surface area contributed by atoms with Crippen molar-refractivity contribution in [1.82, 2.24) is 9.88 Å². The van der Waals surface area contributed by atoms with E-state index in [2.05, 4.69) is 24.1 Å². The third-order valence-electron chi connectivity index (χ3n) is 3.61. The van der Waals surface area contributed by atoms with Crippen molar-refractivity contribution in [3.63, 3.8) is 0 Å². The highest BCUT2D eigenvalue weighted by molar-refractivity contribution is 5.95. The van der Waals surface area contributed by atoms with Crippen LogP contribution < -0.4 is 5.32 Å². The number of hydrogen-bond acceptors (Lipinski definition) is 3. The summed E-state index contributed by atoms with van der Waals surface area (Å²) < 4.78 is 0. The van der Waals surface area contributed by atoms with Crippen LogP contribution in [0.2, 0.25) is 0 Å². The van der Waals surface area contributed by atoms with Crippen molar-refractivity contribution in [2.24, 2.45) is 11.8 Å². The first-order chi connectivity index (χ1) is 8.99. The van der Waals surface area contributed by atoms with E-state index in [1.807, 2.05) is 31.0 Å². The Morgan fingerprint density at radius 2 is 1.95 bits per heavy atom. The molecule has 0 spiro atoms. The molecule has 0 radical (unpaired) electrons. The van der Waals surface area contributed by atoms with Gasteiger partial charge in [-0.25, -0.2) is 4.98 Å². The molecule has 2 atom stereocenters. The first-order valence-electron chi connectivity index (χ1n) is 6.95. The fraction of sp³-hybridized carbons (Fsp3) is 0.600. The van der Waals surface area contributed by atoms with Gasteiger partial charge in [-0.1, -0.05) is 13.8 Å². The van der Waals surface area contributed by atoms with E-state index >= 15 is 0 Å². The third-order valence-corrected chi connectivity index (χ3v) is 3.61. The summed E-state index contributed by atoms with van der Waals surface area (Å²) in [7, 11) is 1.82. The maximum Gasteiger partial charge on any atom is 0.254 e. The van der Waals surface area contributed by atoms with Gasteiger partial charge in [0.2, 0.25) is 0 Å². The van der Waals surface area contributed by atoms with E-state index < -0.39 is 0 Å². The van der Waals surface area contributed by atoms with E-state index in [1.54, 1.807) is 0 Å². The zero-order valence-electron chi connectivity index (χ0n) is 12.2. The number of amides is 1. The molecule has 1 aromatic heterocycles. The highest BCUT2D eigenvalue weighted by Crippen LogP contribution is 2.23. The Bertz CT molecular complexity index is 462. The number of nitrogens with one attached hydrogen (secondary N) is 1. The number of hydrogen-bond donors (Lipinski definition) is 1. The number of nitrogens with zero attached hydrogens (tertiary/aromatic N) is 2. The van der Waals surface area contributed by atoms with E-state index in [1.165, 1.54) is 6.42 Å². The predicted molar refractivity (Wildman–Crippen MR) is 77.4 cm³/mol. The predicted octanol–water partition coefficient (Wildman–Crippen LogP) is 2.55. The van der Waals surface area contributed by atoms with Crippen LogP contribution in [0.15, 0.2) is 12.1 Å². The number of piperidine rings is 1. The third kappa shape index (κ3) is 3.25. The molecular weight excluding hydrogens is 238 g/mol. The van der Waals surface area contributed by atoms with E-state index in [-0.39, 0.29) is 5.91 Å². The minimum absolute atomic E-state index is 0.125. The molecule has 1 aliphatic rings. The zero-order chi connectivity index (χ0) is 14.0. The van der Waals surface area contributed by atoms with Crippen LogP contribution >= 0.6 is 0 Å². The molecule has 0 aliphatic carbocycles. The van der Waals surface area contributed by atoms with Crippen molar-refractivity contribution >= 4 is 11.7 Å². The second-order valence-corrected chi connectivity index (χ2v) is 5.79. The Kier molecular flexibility index (Phi) is 4.08. The molecule has 19 heavy (non-hydrogen) atoms. The van der Waals surface area contributed by atoms with Crippen LogP contribution in [0.4, 0.5) is 5.82 Å². The largest absolute Gasteiger partial charge is 0.373 e. The lowest BCUT2D eigenvalue weighted by Crippen LogP contribution is -2.42. The fourth-order valence-corrected chi connectivity index (χ4v) is 2.93. The van der Waals surface area contributed by atoms with E-state index in [0.717, 1.165) is 30.2 Å². The molecule has 1 aliphatic heterocycles. The van der Waals surface area contributed by atoms with Crippen LogP contribution in [0, 0.1) is 18.8 Å². The molecule has 1 saturated heterocycles. The molecule has 104 valence electrons. The Hall–Kier alpha value is -1.58. The van der Waals surface area contributed by atoms with Crippen LogP contribution in [0.1, 0.15) is 36.3 Å². The van der Waals surface area contributed by atoms with Gasteiger partial charge in [-0.15, -0.1) is 0 Å². The number of aromatic nitrogens is 1. The van der Waals surface area contributed by atoms with Crippen LogP contribution in [0.5, 0.6) is 0 Å². The SMILES string of the molecule is CNc1cc(C(=O)N2CC(C)CC(C)C2)cc(C)n1. The molecule has 2 heterocycles. The summed E-state index contributed by atoms with van der Waals surface area (Å²) in [5.41, 5.74) is 1.60. The van der Waals surface area contributed by atoms with Gasteiger partial charge in [0.05, 0.1) is 0 Å². The van der Waals surface area contributed by atoms with Gasteiger partial charge < -0.3 is 10.2 Å². The van der Waals surface area contributed by atoms with Gasteiger partial charge in [-0.05, 0) is 37.3 Å². The topological polar surface area (TPSA) is 45.2 Å². The summed E-state index contributed by atoms with van der Waals surface area (Å²) in [5, 5.41) is 3.00. The number of likely N-dealkylation sites (tertiary alicyclic amines) is 1. The van der Waals surface area contributed by atoms with Crippen molar-refractivity contribution in [2.75, 3.05) is 25.5 Å². The zero-order valence-corrected chi connectivity index (χ0v) is 12.2. The molecular formula is C15H23N3O. The maximum absolute atomic E-state index is 12.6. The Morgan fingerprint density at radius 3 is 2.53 bits per heavy atom. The Labute approximate surface area is 115 Å². The second-order valence-electron chi connectivity index (χ2n) is 5.79. The standard InChI is InChI=1S/C15H23N3O/c1-10-5-11(2)9-18(8-10)15(19)13-6-12(3)17-14(7-13)16-4/h6-7,10-11H,5,8-9H2,1-4H3,(H,16,17). The van der Waals surface area contributed by atoms with Gasteiger partial charge in [-0.2, -0.15) is 0 Å². The normalized spacial score (nSPS) is 23.3. The lowest BCUT2D eigenvalue weighted by Gasteiger charge is -2.35. The molecule has 0 saturated carbocycles. The summed E-state index contributed by atoms with van der Waals surface area (Å²) in [5.74, 6) is 2.04. The first-order valence-corrected chi connectivity index (χ1v) is 6.95. The van der Waals surface area contributed by atoms with Gasteiger partial charge in [0.1, 0.15) is 5.82 Å². The number of carbonyl (C=O) groups is 1. The van der Waals surface area contributed by atoms with Crippen LogP contribution in [-0.2, 0) is 0 Å². The van der Waals surface area contributed by atoms with Crippen molar-refractivity contribution in [2.45, 2.75) is 27.2 Å². The van der Waals surface area contributed by atoms with Gasteiger partial charge in [0.25, 0.3) is 5.91 Å². The van der Waals surface area contributed by atoms with Crippen molar-refractivity contribution < 1.29 is 4.79 Å². The summed E-state index contributed by atoms with van der Waals surface area (Å²) in [6.07, 6.45) is 1.21. The molecule has 1 N–H and O–H groups in total. The van der Waals surface area contributed by atoms with Crippen LogP contribution in [0.3, 0.4) is 0 Å². The minimum atomic E-state index is 0.125. The average Bonchev–Trinajstić information content (AvgIpc) is 2.35. The average molecular weight is 261 g/mol. The molecule has 1 aromatic rings. The Morgan fingerprint density at radius 1 is 1.32 bits per heavy atom. The molecule has 0 bridgehead atoms. The highest BCUT2D eigenvalue weighted by Gasteiger charge is 2.26. The molecule has 1 amide bonds. The molecule has 2 unspecified atom stereocenters. The smallest absolute Gasteiger partial charge is 0.254 e. The van der Waals surface area contributed by atoms with Gasteiger partial charge >= 0.3 is 0 Å². The minimum Gasteiger partial charge on any atom is -0.373 e. The van der Waals surface area contributed by atoms with Crippen LogP contribution in [-0.4, -0.2) is 35.9 Å². The second kappa shape index (κ2) is 5.59. The van der Waals surface area contributed by atoms with E-state index in [4.69, 9.17) is 0 Å². The number of rotatable bonds is 2. The Balaban J connectivity index is 2.21. The molecule has 0 aromatic carbocycles. The molecule has 4 heteroatoms. The summed E-state index contributed by atoms with van der Waals surface area (Å²) in [4.78, 5) is 18.9. The number of anilines is 1. The van der Waals surface area contributed by atoms with Gasteiger partial charge in [-0.3, -0.25) is 4.79 Å². The summed E-state index contributed by atoms with van der Waals surface area (Å²) >= 11 is 0. The lowest BCUT2D eigenvalue weighted by atomic mass is 9.91. The number of aryl methyl sites for hydroxylation is 1. The van der Waals surface area contributed by atoms with Gasteiger partial charge in [0, 0.05) is 31.4 Å². The molecule has 1 fully saturated rings. The van der Waals surface area contributed by atoms with Gasteiger partial charge in [0.15, 0.2) is 0 Å². The van der Waals surface area contributed by atoms with Crippen molar-refractivity contribution in [1.29, 1.82) is 0 Å². The maximum atomic E-state index is 12.6. The number of carbonyl (C=O) groups excluding carboxylic acids is 1. The molecule has 2 rings (SSSR count).